The summed E-state index contributed by atoms with van der Waals surface area (Å²) < 4.78 is 4.81. The van der Waals surface area contributed by atoms with Gasteiger partial charge in [-0.3, -0.25) is 0 Å². The van der Waals surface area contributed by atoms with Crippen LogP contribution in [0.25, 0.3) is 0 Å². The summed E-state index contributed by atoms with van der Waals surface area (Å²) in [6.07, 6.45) is -6.51. The minimum Gasteiger partial charge on any atom is -0.394 e. The second-order valence-corrected chi connectivity index (χ2v) is 2.88. The van der Waals surface area contributed by atoms with Crippen molar-refractivity contribution in [2.75, 3.05) is 6.61 Å². The van der Waals surface area contributed by atoms with Gasteiger partial charge in [-0.05, 0) is 0 Å². The van der Waals surface area contributed by atoms with Crippen molar-refractivity contribution in [3.8, 4) is 6.07 Å². The SMILES string of the molecule is N#C[C@@H]1O[C@H](CO)[C@@H](O)[C@H](O)[C@H]1O. The summed E-state index contributed by atoms with van der Waals surface area (Å²) in [5.74, 6) is 0. The Balaban J connectivity index is 2.73. The molecule has 0 aromatic carbocycles. The molecule has 0 bridgehead atoms. The summed E-state index contributed by atoms with van der Waals surface area (Å²) in [5, 5.41) is 44.8. The van der Waals surface area contributed by atoms with E-state index in [9.17, 15) is 15.3 Å². The lowest BCUT2D eigenvalue weighted by atomic mass is 9.96. The third-order valence-corrected chi connectivity index (χ3v) is 2.02. The molecule has 0 saturated carbocycles. The van der Waals surface area contributed by atoms with Crippen LogP contribution >= 0.6 is 0 Å². The lowest BCUT2D eigenvalue weighted by Crippen LogP contribution is -2.58. The van der Waals surface area contributed by atoms with Gasteiger partial charge in [0.25, 0.3) is 0 Å². The topological polar surface area (TPSA) is 114 Å². The van der Waals surface area contributed by atoms with E-state index in [0.29, 0.717) is 0 Å². The normalized spacial score (nSPS) is 45.6. The molecule has 0 unspecified atom stereocenters. The summed E-state index contributed by atoms with van der Waals surface area (Å²) in [6, 6.07) is 1.61. The highest BCUT2D eigenvalue weighted by Crippen LogP contribution is 2.20. The lowest BCUT2D eigenvalue weighted by Gasteiger charge is -2.37. The minimum atomic E-state index is -1.46. The van der Waals surface area contributed by atoms with Gasteiger partial charge in [0.2, 0.25) is 0 Å². The van der Waals surface area contributed by atoms with Gasteiger partial charge < -0.3 is 25.2 Å². The van der Waals surface area contributed by atoms with Crippen molar-refractivity contribution in [3.63, 3.8) is 0 Å². The molecule has 0 aliphatic carbocycles. The first kappa shape index (κ1) is 10.4. The van der Waals surface area contributed by atoms with E-state index >= 15 is 0 Å². The molecular formula is C7H11NO5. The molecule has 6 nitrogen and oxygen atoms in total. The monoisotopic (exact) mass is 189 g/mol. The molecule has 1 heterocycles. The van der Waals surface area contributed by atoms with E-state index in [1.165, 1.54) is 0 Å². The molecule has 13 heavy (non-hydrogen) atoms. The van der Waals surface area contributed by atoms with Gasteiger partial charge in [-0.15, -0.1) is 0 Å². The average molecular weight is 189 g/mol. The molecule has 1 saturated heterocycles. The molecular weight excluding hydrogens is 178 g/mol. The Bertz CT molecular complexity index is 213. The van der Waals surface area contributed by atoms with Gasteiger partial charge in [-0.25, -0.2) is 0 Å². The summed E-state index contributed by atoms with van der Waals surface area (Å²) >= 11 is 0. The highest BCUT2D eigenvalue weighted by atomic mass is 16.5. The molecule has 6 heteroatoms. The predicted octanol–water partition coefficient (Wildman–Crippen LogP) is -2.65. The fourth-order valence-electron chi connectivity index (χ4n) is 1.21. The quantitative estimate of drug-likeness (QED) is 0.358. The van der Waals surface area contributed by atoms with Crippen molar-refractivity contribution in [3.05, 3.63) is 0 Å². The van der Waals surface area contributed by atoms with Crippen molar-refractivity contribution in [1.82, 2.24) is 0 Å². The largest absolute Gasteiger partial charge is 0.394 e. The first-order chi connectivity index (χ1) is 6.11. The maximum Gasteiger partial charge on any atom is 0.172 e. The van der Waals surface area contributed by atoms with Crippen molar-refractivity contribution >= 4 is 0 Å². The van der Waals surface area contributed by atoms with Crippen LogP contribution in [0.3, 0.4) is 0 Å². The first-order valence-corrected chi connectivity index (χ1v) is 3.82. The third kappa shape index (κ3) is 1.80. The molecule has 0 radical (unpaired) electrons. The van der Waals surface area contributed by atoms with Gasteiger partial charge in [-0.1, -0.05) is 0 Å². The molecule has 1 aliphatic heterocycles. The summed E-state index contributed by atoms with van der Waals surface area (Å²) in [6.45, 7) is -0.511. The van der Waals surface area contributed by atoms with Crippen LogP contribution in [0.15, 0.2) is 0 Å². The fourth-order valence-corrected chi connectivity index (χ4v) is 1.21. The number of nitrogens with zero attached hydrogens (tertiary/aromatic N) is 1. The zero-order valence-corrected chi connectivity index (χ0v) is 6.74. The molecule has 0 aromatic rings. The van der Waals surface area contributed by atoms with Crippen LogP contribution in [-0.4, -0.2) is 57.6 Å². The van der Waals surface area contributed by atoms with Crippen molar-refractivity contribution in [1.29, 1.82) is 5.26 Å². The number of nitriles is 1. The summed E-state index contributed by atoms with van der Waals surface area (Å²) in [4.78, 5) is 0. The number of rotatable bonds is 1. The van der Waals surface area contributed by atoms with Gasteiger partial charge in [-0.2, -0.15) is 5.26 Å². The van der Waals surface area contributed by atoms with E-state index in [4.69, 9.17) is 15.1 Å². The van der Waals surface area contributed by atoms with Gasteiger partial charge >= 0.3 is 0 Å². The van der Waals surface area contributed by atoms with Crippen LogP contribution in [-0.2, 0) is 4.74 Å². The van der Waals surface area contributed by atoms with E-state index < -0.39 is 37.1 Å². The van der Waals surface area contributed by atoms with Crippen molar-refractivity contribution < 1.29 is 25.2 Å². The molecule has 1 aliphatic rings. The van der Waals surface area contributed by atoms with Gasteiger partial charge in [0.05, 0.1) is 12.7 Å². The summed E-state index contributed by atoms with van der Waals surface area (Å²) in [7, 11) is 0. The maximum atomic E-state index is 9.22. The average Bonchev–Trinajstić information content (AvgIpc) is 2.15. The third-order valence-electron chi connectivity index (χ3n) is 2.02. The predicted molar refractivity (Wildman–Crippen MR) is 39.4 cm³/mol. The standard InChI is InChI=1S/C7H11NO5/c8-1-3-5(10)7(12)6(11)4(2-9)13-3/h3-7,9-12H,2H2/t3-,4+,5-,6+,7+/m0/s1. The van der Waals surface area contributed by atoms with Gasteiger partial charge in [0.1, 0.15) is 24.4 Å². The summed E-state index contributed by atoms with van der Waals surface area (Å²) in [5.41, 5.74) is 0. The Morgan fingerprint density at radius 2 is 1.77 bits per heavy atom. The molecule has 1 fully saturated rings. The second kappa shape index (κ2) is 4.00. The highest BCUT2D eigenvalue weighted by molar-refractivity contribution is 5.01. The smallest absolute Gasteiger partial charge is 0.172 e. The highest BCUT2D eigenvalue weighted by Gasteiger charge is 2.43. The Labute approximate surface area is 74.6 Å². The zero-order valence-electron chi connectivity index (χ0n) is 6.74. The fraction of sp³-hybridized carbons (Fsp3) is 0.857. The molecule has 1 rings (SSSR count). The number of aliphatic hydroxyl groups excluding tert-OH is 4. The minimum absolute atomic E-state index is 0.511. The van der Waals surface area contributed by atoms with E-state index in [2.05, 4.69) is 0 Å². The molecule has 5 atom stereocenters. The van der Waals surface area contributed by atoms with Crippen LogP contribution < -0.4 is 0 Å². The van der Waals surface area contributed by atoms with Crippen LogP contribution in [0.1, 0.15) is 0 Å². The first-order valence-electron chi connectivity index (χ1n) is 3.82. The van der Waals surface area contributed by atoms with Gasteiger partial charge in [0, 0.05) is 0 Å². The number of ether oxygens (including phenoxy) is 1. The van der Waals surface area contributed by atoms with E-state index in [1.54, 1.807) is 6.07 Å². The molecule has 0 aromatic heterocycles. The lowest BCUT2D eigenvalue weighted by molar-refractivity contribution is -0.214. The Morgan fingerprint density at radius 3 is 2.23 bits per heavy atom. The van der Waals surface area contributed by atoms with Crippen LogP contribution in [0, 0.1) is 11.3 Å². The van der Waals surface area contributed by atoms with E-state index in [-0.39, 0.29) is 0 Å². The molecule has 4 N–H and O–H groups in total. The van der Waals surface area contributed by atoms with Crippen molar-refractivity contribution in [2.45, 2.75) is 30.5 Å². The van der Waals surface area contributed by atoms with Gasteiger partial charge in [0.15, 0.2) is 6.10 Å². The molecule has 74 valence electrons. The Kier molecular flexibility index (Phi) is 3.19. The van der Waals surface area contributed by atoms with Crippen LogP contribution in [0.2, 0.25) is 0 Å². The van der Waals surface area contributed by atoms with E-state index in [1.807, 2.05) is 0 Å². The number of aliphatic hydroxyl groups is 4. The second-order valence-electron chi connectivity index (χ2n) is 2.88. The molecule has 0 amide bonds. The van der Waals surface area contributed by atoms with Crippen LogP contribution in [0.5, 0.6) is 0 Å². The Morgan fingerprint density at radius 1 is 1.15 bits per heavy atom. The van der Waals surface area contributed by atoms with E-state index in [0.717, 1.165) is 0 Å². The maximum absolute atomic E-state index is 9.22. The Hall–Kier alpha value is -0.710. The van der Waals surface area contributed by atoms with Crippen LogP contribution in [0.4, 0.5) is 0 Å². The number of hydrogen-bond donors (Lipinski definition) is 4. The van der Waals surface area contributed by atoms with Crippen molar-refractivity contribution in [2.24, 2.45) is 0 Å². The zero-order chi connectivity index (χ0) is 10.0. The number of hydrogen-bond acceptors (Lipinski definition) is 6. The molecule has 0 spiro atoms.